The number of aliphatic hydroxyl groups excluding tert-OH is 1. The molecule has 0 unspecified atom stereocenters. The van der Waals surface area contributed by atoms with Gasteiger partial charge in [0.25, 0.3) is 0 Å². The quantitative estimate of drug-likeness (QED) is 0.691. The van der Waals surface area contributed by atoms with Crippen molar-refractivity contribution in [3.05, 3.63) is 21.9 Å². The van der Waals surface area contributed by atoms with Crippen LogP contribution in [0.1, 0.15) is 42.9 Å². The number of aryl methyl sites for hydroxylation is 1. The fourth-order valence-electron chi connectivity index (χ4n) is 2.26. The lowest BCUT2D eigenvalue weighted by Crippen LogP contribution is -2.42. The van der Waals surface area contributed by atoms with Crippen molar-refractivity contribution >= 4 is 17.4 Å². The molecule has 0 aromatic carbocycles. The third kappa shape index (κ3) is 5.13. The Kier molecular flexibility index (Phi) is 7.02. The molecule has 0 radical (unpaired) electrons. The van der Waals surface area contributed by atoms with E-state index in [9.17, 15) is 4.79 Å². The Morgan fingerprint density at radius 2 is 2.00 bits per heavy atom. The zero-order valence-electron chi connectivity index (χ0n) is 12.7. The van der Waals surface area contributed by atoms with E-state index < -0.39 is 0 Å². The summed E-state index contributed by atoms with van der Waals surface area (Å²) in [7, 11) is 0. The van der Waals surface area contributed by atoms with Crippen LogP contribution >= 0.6 is 11.3 Å². The highest BCUT2D eigenvalue weighted by molar-refractivity contribution is 7.11. The van der Waals surface area contributed by atoms with Crippen LogP contribution in [-0.4, -0.2) is 24.3 Å². The van der Waals surface area contributed by atoms with Gasteiger partial charge in [-0.1, -0.05) is 13.8 Å². The van der Waals surface area contributed by atoms with Crippen LogP contribution in [-0.2, 0) is 6.54 Å². The molecular weight excluding hydrogens is 272 g/mol. The average molecular weight is 298 g/mol. The van der Waals surface area contributed by atoms with Gasteiger partial charge in [0.2, 0.25) is 0 Å². The second-order valence-electron chi connectivity index (χ2n) is 5.23. The predicted octanol–water partition coefficient (Wildman–Crippen LogP) is 3.04. The van der Waals surface area contributed by atoms with E-state index >= 15 is 0 Å². The molecule has 1 heterocycles. The zero-order valence-corrected chi connectivity index (χ0v) is 13.5. The first-order chi connectivity index (χ1) is 9.55. The Morgan fingerprint density at radius 1 is 1.30 bits per heavy atom. The minimum Gasteiger partial charge on any atom is -0.396 e. The van der Waals surface area contributed by atoms with Gasteiger partial charge in [0.05, 0.1) is 6.54 Å². The molecule has 1 aromatic rings. The van der Waals surface area contributed by atoms with E-state index in [4.69, 9.17) is 5.11 Å². The van der Waals surface area contributed by atoms with Crippen molar-refractivity contribution in [1.82, 2.24) is 10.6 Å². The van der Waals surface area contributed by atoms with Crippen molar-refractivity contribution in [2.45, 2.75) is 46.6 Å². The Balaban J connectivity index is 2.37. The van der Waals surface area contributed by atoms with E-state index in [0.29, 0.717) is 13.1 Å². The topological polar surface area (TPSA) is 61.4 Å². The van der Waals surface area contributed by atoms with Gasteiger partial charge in [0, 0.05) is 22.9 Å². The smallest absolute Gasteiger partial charge is 0.315 e. The molecule has 0 aliphatic heterocycles. The Bertz CT molecular complexity index is 414. The standard InChI is InChI=1S/C15H26N2O2S/c1-4-15(5-2,8-9-18)11-17-14(19)16-10-13-7-6-12(3)20-13/h6-7,18H,4-5,8-11H2,1-3H3,(H2,16,17,19). The molecule has 3 N–H and O–H groups in total. The van der Waals surface area contributed by atoms with E-state index in [2.05, 4.69) is 37.5 Å². The number of urea groups is 1. The maximum absolute atomic E-state index is 11.8. The first-order valence-corrected chi connectivity index (χ1v) is 8.04. The molecule has 0 bridgehead atoms. The van der Waals surface area contributed by atoms with Crippen LogP contribution in [0.3, 0.4) is 0 Å². The summed E-state index contributed by atoms with van der Waals surface area (Å²) in [6.45, 7) is 7.60. The molecule has 1 rings (SSSR count). The van der Waals surface area contributed by atoms with E-state index in [0.717, 1.165) is 24.1 Å². The molecule has 0 spiro atoms. The van der Waals surface area contributed by atoms with E-state index in [1.807, 2.05) is 6.07 Å². The van der Waals surface area contributed by atoms with Gasteiger partial charge >= 0.3 is 6.03 Å². The van der Waals surface area contributed by atoms with E-state index in [1.165, 1.54) is 4.88 Å². The number of thiophene rings is 1. The molecule has 0 saturated carbocycles. The summed E-state index contributed by atoms with van der Waals surface area (Å²) in [5.41, 5.74) is 0.00557. The molecule has 0 aliphatic carbocycles. The van der Waals surface area contributed by atoms with Crippen molar-refractivity contribution in [3.63, 3.8) is 0 Å². The molecule has 1 aromatic heterocycles. The number of nitrogens with one attached hydrogen (secondary N) is 2. The molecule has 0 atom stereocenters. The van der Waals surface area contributed by atoms with Crippen LogP contribution in [0.4, 0.5) is 4.79 Å². The lowest BCUT2D eigenvalue weighted by Gasteiger charge is -2.31. The summed E-state index contributed by atoms with van der Waals surface area (Å²) < 4.78 is 0. The Hall–Kier alpha value is -1.07. The van der Waals surface area contributed by atoms with Crippen LogP contribution in [0.25, 0.3) is 0 Å². The van der Waals surface area contributed by atoms with Gasteiger partial charge in [0.15, 0.2) is 0 Å². The van der Waals surface area contributed by atoms with E-state index in [1.54, 1.807) is 11.3 Å². The molecular formula is C15H26N2O2S. The van der Waals surface area contributed by atoms with Crippen LogP contribution in [0.15, 0.2) is 12.1 Å². The summed E-state index contributed by atoms with van der Waals surface area (Å²) in [5, 5.41) is 15.0. The normalized spacial score (nSPS) is 11.4. The minimum absolute atomic E-state index is 0.00557. The number of aliphatic hydroxyl groups is 1. The van der Waals surface area contributed by atoms with Gasteiger partial charge in [0.1, 0.15) is 0 Å². The monoisotopic (exact) mass is 298 g/mol. The predicted molar refractivity (Wildman–Crippen MR) is 84.0 cm³/mol. The molecule has 0 aliphatic rings. The fourth-order valence-corrected chi connectivity index (χ4v) is 3.09. The van der Waals surface area contributed by atoms with Crippen molar-refractivity contribution in [1.29, 1.82) is 0 Å². The lowest BCUT2D eigenvalue weighted by atomic mass is 9.79. The summed E-state index contributed by atoms with van der Waals surface area (Å²) in [4.78, 5) is 14.2. The van der Waals surface area contributed by atoms with Crippen LogP contribution < -0.4 is 10.6 Å². The van der Waals surface area contributed by atoms with Crippen molar-refractivity contribution in [3.8, 4) is 0 Å². The second kappa shape index (κ2) is 8.27. The van der Waals surface area contributed by atoms with Gasteiger partial charge in [-0.15, -0.1) is 11.3 Å². The maximum Gasteiger partial charge on any atom is 0.315 e. The molecule has 4 nitrogen and oxygen atoms in total. The largest absolute Gasteiger partial charge is 0.396 e. The highest BCUT2D eigenvalue weighted by Crippen LogP contribution is 2.29. The molecule has 20 heavy (non-hydrogen) atoms. The fraction of sp³-hybridized carbons (Fsp3) is 0.667. The highest BCUT2D eigenvalue weighted by Gasteiger charge is 2.25. The second-order valence-corrected chi connectivity index (χ2v) is 6.60. The first-order valence-electron chi connectivity index (χ1n) is 7.23. The van der Waals surface area contributed by atoms with Crippen LogP contribution in [0.2, 0.25) is 0 Å². The van der Waals surface area contributed by atoms with Crippen LogP contribution in [0, 0.1) is 12.3 Å². The van der Waals surface area contributed by atoms with Gasteiger partial charge in [-0.3, -0.25) is 0 Å². The summed E-state index contributed by atoms with van der Waals surface area (Å²) in [5.74, 6) is 0. The average Bonchev–Trinajstić information content (AvgIpc) is 2.87. The zero-order chi connectivity index (χ0) is 15.0. The van der Waals surface area contributed by atoms with Gasteiger partial charge in [-0.05, 0) is 43.7 Å². The Labute approximate surface area is 125 Å². The number of rotatable bonds is 8. The number of hydrogen-bond donors (Lipinski definition) is 3. The van der Waals surface area contributed by atoms with Gasteiger partial charge in [-0.2, -0.15) is 0 Å². The third-order valence-electron chi connectivity index (χ3n) is 3.99. The maximum atomic E-state index is 11.8. The number of carbonyl (C=O) groups excluding carboxylic acids is 1. The first kappa shape index (κ1) is 17.0. The third-order valence-corrected chi connectivity index (χ3v) is 4.99. The Morgan fingerprint density at radius 3 is 2.50 bits per heavy atom. The summed E-state index contributed by atoms with van der Waals surface area (Å²) >= 11 is 1.69. The van der Waals surface area contributed by atoms with Gasteiger partial charge in [-0.25, -0.2) is 4.79 Å². The van der Waals surface area contributed by atoms with Crippen LogP contribution in [0.5, 0.6) is 0 Å². The molecule has 114 valence electrons. The highest BCUT2D eigenvalue weighted by atomic mass is 32.1. The molecule has 0 saturated heterocycles. The van der Waals surface area contributed by atoms with E-state index in [-0.39, 0.29) is 18.1 Å². The summed E-state index contributed by atoms with van der Waals surface area (Å²) in [6.07, 6.45) is 2.63. The van der Waals surface area contributed by atoms with Crippen molar-refractivity contribution in [2.24, 2.45) is 5.41 Å². The summed E-state index contributed by atoms with van der Waals surface area (Å²) in [6, 6.07) is 3.95. The number of carbonyl (C=O) groups is 1. The minimum atomic E-state index is -0.139. The van der Waals surface area contributed by atoms with Crippen molar-refractivity contribution < 1.29 is 9.90 Å². The number of amides is 2. The molecule has 5 heteroatoms. The SMILES string of the molecule is CCC(CC)(CCO)CNC(=O)NCc1ccc(C)s1. The lowest BCUT2D eigenvalue weighted by molar-refractivity contribution is 0.163. The molecule has 0 fully saturated rings. The number of hydrogen-bond acceptors (Lipinski definition) is 3. The molecule has 2 amide bonds. The van der Waals surface area contributed by atoms with Gasteiger partial charge < -0.3 is 15.7 Å². The van der Waals surface area contributed by atoms with Crippen molar-refractivity contribution in [2.75, 3.05) is 13.2 Å².